The quantitative estimate of drug-likeness (QED) is 0.779. The number of benzene rings is 1. The molecule has 1 fully saturated rings. The van der Waals surface area contributed by atoms with Gasteiger partial charge in [0.25, 0.3) is 5.91 Å². The SMILES string of the molecule is CCCc1c(C(=O)N[C@@H]2C[C@H](C)CC[C@H]2C(C)C)cnn1-c1ccccc1. The number of nitrogens with zero attached hydrogens (tertiary/aromatic N) is 2. The summed E-state index contributed by atoms with van der Waals surface area (Å²) in [5.74, 6) is 1.85. The third kappa shape index (κ3) is 4.42. The molecule has 4 nitrogen and oxygen atoms in total. The molecule has 1 heterocycles. The van der Waals surface area contributed by atoms with Crippen molar-refractivity contribution < 1.29 is 4.79 Å². The van der Waals surface area contributed by atoms with Crippen molar-refractivity contribution in [1.82, 2.24) is 15.1 Å². The highest BCUT2D eigenvalue weighted by Gasteiger charge is 2.32. The van der Waals surface area contributed by atoms with E-state index in [0.29, 0.717) is 17.8 Å². The lowest BCUT2D eigenvalue weighted by molar-refractivity contribution is 0.0867. The lowest BCUT2D eigenvalue weighted by atomic mass is 9.74. The lowest BCUT2D eigenvalue weighted by Gasteiger charge is -2.37. The number of rotatable bonds is 6. The van der Waals surface area contributed by atoms with E-state index in [0.717, 1.165) is 36.2 Å². The monoisotopic (exact) mass is 367 g/mol. The van der Waals surface area contributed by atoms with Gasteiger partial charge in [-0.1, -0.05) is 58.7 Å². The molecule has 3 rings (SSSR count). The number of carbonyl (C=O) groups excluding carboxylic acids is 1. The molecule has 0 aliphatic heterocycles. The second-order valence-corrected chi connectivity index (χ2v) is 8.41. The minimum atomic E-state index is 0.0328. The number of hydrogen-bond donors (Lipinski definition) is 1. The van der Waals surface area contributed by atoms with Gasteiger partial charge in [0.2, 0.25) is 0 Å². The van der Waals surface area contributed by atoms with Gasteiger partial charge < -0.3 is 5.32 Å². The normalized spacial score (nSPS) is 22.8. The van der Waals surface area contributed by atoms with Crippen LogP contribution in [0.2, 0.25) is 0 Å². The predicted molar refractivity (Wildman–Crippen MR) is 110 cm³/mol. The minimum absolute atomic E-state index is 0.0328. The molecule has 1 aliphatic carbocycles. The Morgan fingerprint density at radius 2 is 2.00 bits per heavy atom. The predicted octanol–water partition coefficient (Wildman–Crippen LogP) is 5.02. The molecule has 1 amide bonds. The Labute approximate surface area is 163 Å². The van der Waals surface area contributed by atoms with Gasteiger partial charge in [0.1, 0.15) is 0 Å². The molecule has 146 valence electrons. The van der Waals surface area contributed by atoms with E-state index in [2.05, 4.69) is 38.1 Å². The van der Waals surface area contributed by atoms with Crippen LogP contribution in [0.5, 0.6) is 0 Å². The van der Waals surface area contributed by atoms with Crippen LogP contribution in [0, 0.1) is 17.8 Å². The summed E-state index contributed by atoms with van der Waals surface area (Å²) in [6.45, 7) is 8.98. The third-order valence-corrected chi connectivity index (χ3v) is 5.94. The Hall–Kier alpha value is -2.10. The van der Waals surface area contributed by atoms with Gasteiger partial charge in [-0.15, -0.1) is 0 Å². The van der Waals surface area contributed by atoms with Crippen LogP contribution in [0.15, 0.2) is 36.5 Å². The van der Waals surface area contributed by atoms with Gasteiger partial charge in [-0.05, 0) is 49.1 Å². The van der Waals surface area contributed by atoms with Gasteiger partial charge in [-0.25, -0.2) is 4.68 Å². The highest BCUT2D eigenvalue weighted by molar-refractivity contribution is 5.95. The smallest absolute Gasteiger partial charge is 0.254 e. The molecule has 1 aromatic carbocycles. The van der Waals surface area contributed by atoms with E-state index < -0.39 is 0 Å². The molecular weight excluding hydrogens is 334 g/mol. The summed E-state index contributed by atoms with van der Waals surface area (Å²) in [4.78, 5) is 13.2. The first-order chi connectivity index (χ1) is 13.0. The zero-order valence-corrected chi connectivity index (χ0v) is 17.1. The van der Waals surface area contributed by atoms with Gasteiger partial charge in [0, 0.05) is 6.04 Å². The lowest BCUT2D eigenvalue weighted by Crippen LogP contribution is -2.45. The largest absolute Gasteiger partial charge is 0.349 e. The van der Waals surface area contributed by atoms with Crippen molar-refractivity contribution >= 4 is 5.91 Å². The van der Waals surface area contributed by atoms with Crippen LogP contribution in [0.3, 0.4) is 0 Å². The van der Waals surface area contributed by atoms with Crippen LogP contribution >= 0.6 is 0 Å². The zero-order chi connectivity index (χ0) is 19.4. The summed E-state index contributed by atoms with van der Waals surface area (Å²) in [7, 11) is 0. The van der Waals surface area contributed by atoms with Crippen molar-refractivity contribution in [2.24, 2.45) is 17.8 Å². The van der Waals surface area contributed by atoms with Crippen molar-refractivity contribution in [3.8, 4) is 5.69 Å². The van der Waals surface area contributed by atoms with E-state index in [9.17, 15) is 4.79 Å². The van der Waals surface area contributed by atoms with E-state index in [1.54, 1.807) is 6.20 Å². The standard InChI is InChI=1S/C23H33N3O/c1-5-9-22-20(15-24-26(22)18-10-7-6-8-11-18)23(27)25-21-14-17(4)12-13-19(21)16(2)3/h6-8,10-11,15-17,19,21H,5,9,12-14H2,1-4H3,(H,25,27)/t17-,19+,21-/m1/s1. The van der Waals surface area contributed by atoms with Crippen LogP contribution in [-0.2, 0) is 6.42 Å². The molecule has 1 aromatic heterocycles. The molecule has 1 saturated carbocycles. The molecular formula is C23H33N3O. The molecule has 4 heteroatoms. The minimum Gasteiger partial charge on any atom is -0.349 e. The van der Waals surface area contributed by atoms with E-state index in [1.165, 1.54) is 12.8 Å². The second kappa shape index (κ2) is 8.73. The Bertz CT molecular complexity index is 750. The van der Waals surface area contributed by atoms with Crippen LogP contribution in [0.4, 0.5) is 0 Å². The zero-order valence-electron chi connectivity index (χ0n) is 17.1. The number of aromatic nitrogens is 2. The Morgan fingerprint density at radius 3 is 2.67 bits per heavy atom. The number of amides is 1. The average molecular weight is 368 g/mol. The first kappa shape index (κ1) is 19.7. The van der Waals surface area contributed by atoms with Crippen molar-refractivity contribution in [2.75, 3.05) is 0 Å². The van der Waals surface area contributed by atoms with Crippen molar-refractivity contribution in [2.45, 2.75) is 65.8 Å². The van der Waals surface area contributed by atoms with Crippen LogP contribution < -0.4 is 5.32 Å². The molecule has 3 atom stereocenters. The topological polar surface area (TPSA) is 46.9 Å². The number of carbonyl (C=O) groups is 1. The van der Waals surface area contributed by atoms with E-state index in [4.69, 9.17) is 0 Å². The van der Waals surface area contributed by atoms with Gasteiger partial charge in [0.05, 0.1) is 23.1 Å². The third-order valence-electron chi connectivity index (χ3n) is 5.94. The summed E-state index contributed by atoms with van der Waals surface area (Å²) >= 11 is 0. The maximum absolute atomic E-state index is 13.2. The fourth-order valence-corrected chi connectivity index (χ4v) is 4.45. The average Bonchev–Trinajstić information content (AvgIpc) is 3.06. The second-order valence-electron chi connectivity index (χ2n) is 8.41. The molecule has 0 bridgehead atoms. The van der Waals surface area contributed by atoms with E-state index in [1.807, 2.05) is 35.0 Å². The van der Waals surface area contributed by atoms with Crippen molar-refractivity contribution in [1.29, 1.82) is 0 Å². The molecule has 0 unspecified atom stereocenters. The number of nitrogens with one attached hydrogen (secondary N) is 1. The first-order valence-corrected chi connectivity index (χ1v) is 10.4. The highest BCUT2D eigenvalue weighted by Crippen LogP contribution is 2.33. The maximum Gasteiger partial charge on any atom is 0.254 e. The van der Waals surface area contributed by atoms with Crippen molar-refractivity contribution in [3.05, 3.63) is 47.8 Å². The fourth-order valence-electron chi connectivity index (χ4n) is 4.45. The molecule has 1 aliphatic rings. The Kier molecular flexibility index (Phi) is 6.35. The summed E-state index contributed by atoms with van der Waals surface area (Å²) < 4.78 is 1.92. The van der Waals surface area contributed by atoms with Crippen LogP contribution in [-0.4, -0.2) is 21.7 Å². The van der Waals surface area contributed by atoms with Gasteiger partial charge in [-0.2, -0.15) is 5.10 Å². The van der Waals surface area contributed by atoms with Gasteiger partial charge >= 0.3 is 0 Å². The fraction of sp³-hybridized carbons (Fsp3) is 0.565. The molecule has 0 spiro atoms. The molecule has 1 N–H and O–H groups in total. The molecule has 27 heavy (non-hydrogen) atoms. The number of hydrogen-bond acceptors (Lipinski definition) is 2. The Morgan fingerprint density at radius 1 is 1.26 bits per heavy atom. The molecule has 2 aromatic rings. The van der Waals surface area contributed by atoms with Crippen molar-refractivity contribution in [3.63, 3.8) is 0 Å². The summed E-state index contributed by atoms with van der Waals surface area (Å²) in [6.07, 6.45) is 7.10. The molecule has 0 saturated heterocycles. The van der Waals surface area contributed by atoms with Gasteiger partial charge in [-0.3, -0.25) is 4.79 Å². The van der Waals surface area contributed by atoms with Crippen LogP contribution in [0.25, 0.3) is 5.69 Å². The van der Waals surface area contributed by atoms with E-state index in [-0.39, 0.29) is 11.9 Å². The van der Waals surface area contributed by atoms with Crippen LogP contribution in [0.1, 0.15) is 69.4 Å². The molecule has 0 radical (unpaired) electrons. The summed E-state index contributed by atoms with van der Waals surface area (Å²) in [6, 6.07) is 10.3. The first-order valence-electron chi connectivity index (χ1n) is 10.4. The van der Waals surface area contributed by atoms with E-state index >= 15 is 0 Å². The highest BCUT2D eigenvalue weighted by atomic mass is 16.1. The summed E-state index contributed by atoms with van der Waals surface area (Å²) in [5, 5.41) is 7.91. The maximum atomic E-state index is 13.2. The number of para-hydroxylation sites is 1. The van der Waals surface area contributed by atoms with Gasteiger partial charge in [0.15, 0.2) is 0 Å². The summed E-state index contributed by atoms with van der Waals surface area (Å²) in [5.41, 5.74) is 2.74. The Balaban J connectivity index is 1.85.